The van der Waals surface area contributed by atoms with Gasteiger partial charge in [-0.1, -0.05) is 81.6 Å². The number of rotatable bonds is 7. The second-order valence-electron chi connectivity index (χ2n) is 14.9. The molecule has 3 rings (SSSR count). The summed E-state index contributed by atoms with van der Waals surface area (Å²) in [7, 11) is 0. The fourth-order valence-electron chi connectivity index (χ4n) is 9.21. The van der Waals surface area contributed by atoms with E-state index in [0.717, 1.165) is 29.6 Å². The van der Waals surface area contributed by atoms with Crippen molar-refractivity contribution in [2.45, 2.75) is 133 Å². The lowest BCUT2D eigenvalue weighted by Gasteiger charge is -2.57. The van der Waals surface area contributed by atoms with E-state index in [-0.39, 0.29) is 0 Å². The van der Waals surface area contributed by atoms with Gasteiger partial charge in [-0.2, -0.15) is 0 Å². The van der Waals surface area contributed by atoms with Gasteiger partial charge >= 0.3 is 0 Å². The van der Waals surface area contributed by atoms with E-state index in [1.54, 1.807) is 5.92 Å². The van der Waals surface area contributed by atoms with Gasteiger partial charge in [-0.25, -0.2) is 0 Å². The van der Waals surface area contributed by atoms with Crippen molar-refractivity contribution in [3.63, 3.8) is 0 Å². The van der Waals surface area contributed by atoms with Gasteiger partial charge in [0.2, 0.25) is 0 Å². The lowest BCUT2D eigenvalue weighted by molar-refractivity contribution is -0.0909. The van der Waals surface area contributed by atoms with Gasteiger partial charge in [-0.3, -0.25) is 0 Å². The van der Waals surface area contributed by atoms with Gasteiger partial charge in [-0.15, -0.1) is 0 Å². The summed E-state index contributed by atoms with van der Waals surface area (Å²) in [5, 5.41) is 13.0. The topological polar surface area (TPSA) is 20.2 Å². The number of hydrogen-bond acceptors (Lipinski definition) is 1. The van der Waals surface area contributed by atoms with Gasteiger partial charge < -0.3 is 5.11 Å². The first-order valence-electron chi connectivity index (χ1n) is 15.4. The van der Waals surface area contributed by atoms with E-state index in [1.165, 1.54) is 57.8 Å². The van der Waals surface area contributed by atoms with E-state index in [2.05, 4.69) is 69.2 Å². The molecule has 0 aromatic heterocycles. The highest BCUT2D eigenvalue weighted by Gasteiger charge is 2.55. The van der Waals surface area contributed by atoms with Gasteiger partial charge in [0, 0.05) is 5.92 Å². The van der Waals surface area contributed by atoms with Crippen molar-refractivity contribution >= 4 is 0 Å². The van der Waals surface area contributed by atoms with Gasteiger partial charge in [0.1, 0.15) is 0 Å². The van der Waals surface area contributed by atoms with Crippen molar-refractivity contribution in [1.29, 1.82) is 0 Å². The first kappa shape index (κ1) is 28.5. The second kappa shape index (κ2) is 11.6. The third kappa shape index (κ3) is 6.08. The van der Waals surface area contributed by atoms with E-state index in [1.807, 2.05) is 0 Å². The van der Waals surface area contributed by atoms with Gasteiger partial charge in [0.15, 0.2) is 0 Å². The Morgan fingerprint density at radius 3 is 1.32 bits per heavy atom. The molecule has 0 saturated heterocycles. The van der Waals surface area contributed by atoms with Crippen LogP contribution < -0.4 is 0 Å². The lowest BCUT2D eigenvalue weighted by Crippen LogP contribution is -2.56. The molecule has 10 atom stereocenters. The van der Waals surface area contributed by atoms with Crippen LogP contribution in [0.3, 0.4) is 0 Å². The van der Waals surface area contributed by atoms with Crippen molar-refractivity contribution in [1.82, 2.24) is 0 Å². The fourth-order valence-corrected chi connectivity index (χ4v) is 9.21. The van der Waals surface area contributed by atoms with E-state index >= 15 is 0 Å². The Balaban J connectivity index is 2.11. The Kier molecular flexibility index (Phi) is 9.70. The molecular formula is C33H61O. The zero-order valence-corrected chi connectivity index (χ0v) is 24.7. The summed E-state index contributed by atoms with van der Waals surface area (Å²) in [6.07, 6.45) is 11.9. The van der Waals surface area contributed by atoms with Crippen molar-refractivity contribution in [3.05, 3.63) is 5.92 Å². The number of hydrogen-bond donors (Lipinski definition) is 1. The van der Waals surface area contributed by atoms with E-state index < -0.39 is 5.60 Å². The molecule has 0 amide bonds. The van der Waals surface area contributed by atoms with Crippen LogP contribution in [0, 0.1) is 76.9 Å². The van der Waals surface area contributed by atoms with Crippen LogP contribution in [0.4, 0.5) is 0 Å². The fraction of sp³-hybridized carbons (Fsp3) is 0.970. The molecule has 0 bridgehead atoms. The minimum Gasteiger partial charge on any atom is -0.389 e. The van der Waals surface area contributed by atoms with Crippen LogP contribution in [0.2, 0.25) is 0 Å². The van der Waals surface area contributed by atoms with Crippen molar-refractivity contribution in [2.24, 2.45) is 71.0 Å². The summed E-state index contributed by atoms with van der Waals surface area (Å²) in [4.78, 5) is 0. The zero-order valence-electron chi connectivity index (χ0n) is 24.7. The zero-order chi connectivity index (χ0) is 25.4. The normalized spacial score (nSPS) is 41.9. The van der Waals surface area contributed by atoms with Gasteiger partial charge in [0.25, 0.3) is 0 Å². The molecule has 0 aliphatic heterocycles. The molecule has 0 spiro atoms. The molecule has 3 aliphatic carbocycles. The molecule has 3 aliphatic rings. The SMILES string of the molecule is CC1CCC(C(C)C)C([C](C2CC(C)CCC2C(C)C)C(C)(O)C2CC(C)CCC2C(C)C)C1. The van der Waals surface area contributed by atoms with E-state index in [4.69, 9.17) is 0 Å². The predicted molar refractivity (Wildman–Crippen MR) is 148 cm³/mol. The summed E-state index contributed by atoms with van der Waals surface area (Å²) < 4.78 is 0. The first-order chi connectivity index (χ1) is 15.8. The molecular weight excluding hydrogens is 412 g/mol. The van der Waals surface area contributed by atoms with Crippen LogP contribution in [0.5, 0.6) is 0 Å². The molecule has 1 radical (unpaired) electrons. The minimum atomic E-state index is -0.645. The predicted octanol–water partition coefficient (Wildman–Crippen LogP) is 9.44. The highest BCUT2D eigenvalue weighted by molar-refractivity contribution is 5.21. The lowest BCUT2D eigenvalue weighted by atomic mass is 9.49. The maximum absolute atomic E-state index is 13.0. The molecule has 10 unspecified atom stereocenters. The third-order valence-electron chi connectivity index (χ3n) is 11.2. The van der Waals surface area contributed by atoms with Crippen molar-refractivity contribution < 1.29 is 5.11 Å². The molecule has 1 N–H and O–H groups in total. The maximum atomic E-state index is 13.0. The highest BCUT2D eigenvalue weighted by Crippen LogP contribution is 2.58. The Morgan fingerprint density at radius 2 is 0.941 bits per heavy atom. The van der Waals surface area contributed by atoms with Crippen LogP contribution in [0.15, 0.2) is 0 Å². The van der Waals surface area contributed by atoms with Crippen LogP contribution in [-0.2, 0) is 0 Å². The molecule has 1 nitrogen and oxygen atoms in total. The van der Waals surface area contributed by atoms with Crippen molar-refractivity contribution in [2.75, 3.05) is 0 Å². The summed E-state index contributed by atoms with van der Waals surface area (Å²) in [5.74, 6) is 9.76. The van der Waals surface area contributed by atoms with Crippen LogP contribution in [-0.4, -0.2) is 10.7 Å². The monoisotopic (exact) mass is 473 g/mol. The first-order valence-corrected chi connectivity index (χ1v) is 15.4. The van der Waals surface area contributed by atoms with E-state index in [9.17, 15) is 5.11 Å². The Morgan fingerprint density at radius 1 is 0.588 bits per heavy atom. The van der Waals surface area contributed by atoms with Crippen LogP contribution in [0.25, 0.3) is 0 Å². The highest BCUT2D eigenvalue weighted by atomic mass is 16.3. The molecule has 0 aromatic carbocycles. The molecule has 0 heterocycles. The van der Waals surface area contributed by atoms with Crippen LogP contribution >= 0.6 is 0 Å². The summed E-state index contributed by atoms with van der Waals surface area (Å²) in [6, 6.07) is 0. The molecule has 34 heavy (non-hydrogen) atoms. The third-order valence-corrected chi connectivity index (χ3v) is 11.2. The summed E-state index contributed by atoms with van der Waals surface area (Å²) in [6.45, 7) is 24.4. The average Bonchev–Trinajstić information content (AvgIpc) is 2.73. The quantitative estimate of drug-likeness (QED) is 0.390. The average molecular weight is 474 g/mol. The Hall–Kier alpha value is -0.0400. The smallest absolute Gasteiger partial charge is 0.0718 e. The van der Waals surface area contributed by atoms with Crippen molar-refractivity contribution in [3.8, 4) is 0 Å². The largest absolute Gasteiger partial charge is 0.389 e. The van der Waals surface area contributed by atoms with Gasteiger partial charge in [-0.05, 0) is 116 Å². The molecule has 3 saturated carbocycles. The number of aliphatic hydroxyl groups is 1. The van der Waals surface area contributed by atoms with E-state index in [0.29, 0.717) is 41.4 Å². The second-order valence-corrected chi connectivity index (χ2v) is 14.9. The van der Waals surface area contributed by atoms with Gasteiger partial charge in [0.05, 0.1) is 5.60 Å². The molecule has 199 valence electrons. The molecule has 3 fully saturated rings. The molecule has 0 aromatic rings. The Labute approximate surface area is 214 Å². The van der Waals surface area contributed by atoms with Crippen LogP contribution in [0.1, 0.15) is 127 Å². The summed E-state index contributed by atoms with van der Waals surface area (Å²) in [5.41, 5.74) is -0.645. The maximum Gasteiger partial charge on any atom is 0.0718 e. The minimum absolute atomic E-state index is 0.418. The molecule has 1 heteroatoms. The summed E-state index contributed by atoms with van der Waals surface area (Å²) >= 11 is 0. The standard InChI is InChI=1S/C33H61O/c1-20(2)26-14-11-23(7)17-29(26)32(30-18-24(8)12-15-27(30)21(3)4)33(10,34)31-19-25(9)13-16-28(31)22(5)6/h20-31,34H,11-19H2,1-10H3. The Bertz CT molecular complexity index is 586.